The Morgan fingerprint density at radius 2 is 1.80 bits per heavy atom. The predicted octanol–water partition coefficient (Wildman–Crippen LogP) is 4.98. The van der Waals surface area contributed by atoms with Crippen molar-refractivity contribution >= 4 is 28.6 Å². The predicted molar refractivity (Wildman–Crippen MR) is 166 cm³/mol. The second-order valence-corrected chi connectivity index (χ2v) is 10.5. The molecule has 6 rings (SSSR count). The maximum atomic E-state index is 13.1. The van der Waals surface area contributed by atoms with Gasteiger partial charge in [0.2, 0.25) is 11.8 Å². The maximum absolute atomic E-state index is 13.1. The van der Waals surface area contributed by atoms with Gasteiger partial charge in [0.25, 0.3) is 11.4 Å². The highest BCUT2D eigenvalue weighted by Crippen LogP contribution is 2.31. The van der Waals surface area contributed by atoms with Crippen LogP contribution in [-0.2, 0) is 6.54 Å². The molecule has 0 spiro atoms. The number of fused-ring (bicyclic) bond motifs is 1. The first-order valence-electron chi connectivity index (χ1n) is 14.4. The zero-order valence-electron chi connectivity index (χ0n) is 24.5. The minimum atomic E-state index is -0.480. The van der Waals surface area contributed by atoms with Crippen LogP contribution < -0.4 is 16.2 Å². The zero-order valence-corrected chi connectivity index (χ0v) is 24.5. The van der Waals surface area contributed by atoms with E-state index in [9.17, 15) is 9.90 Å². The fourth-order valence-corrected chi connectivity index (χ4v) is 5.00. The van der Waals surface area contributed by atoms with Crippen LogP contribution in [0.3, 0.4) is 0 Å². The minimum Gasteiger partial charge on any atom is -0.416 e. The second kappa shape index (κ2) is 12.4. The third-order valence-electron chi connectivity index (χ3n) is 7.03. The Morgan fingerprint density at radius 3 is 2.52 bits per heavy atom. The lowest BCUT2D eigenvalue weighted by atomic mass is 10.1. The standard InChI is InChI=1S/C31H32N10O3/c1-4-15-40-30(43)22-12-13-25(35-27(22)41(40)19(2)3)36-31-33-17-23(29-39-38-28(44-29)21-11-8-14-32-16-21)26(37-31)34-24(18-42)20-9-6-5-7-10-20/h5-14,16-17,19,24,42H,4,15,18H2,1-3H3,(H2,33,34,35,36,37)/t24-/m1/s1. The van der Waals surface area contributed by atoms with Crippen LogP contribution in [0.4, 0.5) is 17.6 Å². The molecule has 6 aromatic rings. The second-order valence-electron chi connectivity index (χ2n) is 10.5. The number of benzene rings is 1. The highest BCUT2D eigenvalue weighted by Gasteiger charge is 2.21. The third kappa shape index (κ3) is 5.64. The molecule has 1 atom stereocenters. The van der Waals surface area contributed by atoms with E-state index in [-0.39, 0.29) is 30.0 Å². The van der Waals surface area contributed by atoms with E-state index < -0.39 is 6.04 Å². The van der Waals surface area contributed by atoms with E-state index in [4.69, 9.17) is 14.4 Å². The topological polar surface area (TPSA) is 162 Å². The molecule has 1 aromatic carbocycles. The summed E-state index contributed by atoms with van der Waals surface area (Å²) in [6.07, 6.45) is 5.69. The van der Waals surface area contributed by atoms with Crippen LogP contribution >= 0.6 is 0 Å². The molecular formula is C31H32N10O3. The number of nitrogens with zero attached hydrogens (tertiary/aromatic N) is 8. The number of pyridine rings is 2. The van der Waals surface area contributed by atoms with E-state index in [0.717, 1.165) is 12.0 Å². The van der Waals surface area contributed by atoms with E-state index >= 15 is 0 Å². The fraction of sp³-hybridized carbons (Fsp3) is 0.258. The molecule has 0 bridgehead atoms. The van der Waals surface area contributed by atoms with Crippen LogP contribution in [0.2, 0.25) is 0 Å². The highest BCUT2D eigenvalue weighted by atomic mass is 16.4. The van der Waals surface area contributed by atoms with Gasteiger partial charge in [-0.25, -0.2) is 14.6 Å². The van der Waals surface area contributed by atoms with Gasteiger partial charge in [-0.3, -0.25) is 14.5 Å². The molecule has 0 aliphatic heterocycles. The molecule has 0 amide bonds. The first-order valence-corrected chi connectivity index (χ1v) is 14.4. The van der Waals surface area contributed by atoms with Crippen LogP contribution in [0, 0.1) is 0 Å². The molecule has 44 heavy (non-hydrogen) atoms. The Bertz CT molecular complexity index is 1930. The van der Waals surface area contributed by atoms with Crippen molar-refractivity contribution in [2.24, 2.45) is 0 Å². The lowest BCUT2D eigenvalue weighted by Crippen LogP contribution is -2.24. The number of hydrogen-bond donors (Lipinski definition) is 3. The van der Waals surface area contributed by atoms with Gasteiger partial charge in [-0.1, -0.05) is 37.3 Å². The van der Waals surface area contributed by atoms with Gasteiger partial charge in [0.15, 0.2) is 5.65 Å². The molecule has 0 unspecified atom stereocenters. The van der Waals surface area contributed by atoms with E-state index in [1.54, 1.807) is 41.5 Å². The average molecular weight is 593 g/mol. The summed E-state index contributed by atoms with van der Waals surface area (Å²) in [4.78, 5) is 31.2. The molecule has 0 aliphatic rings. The first kappa shape index (κ1) is 28.7. The Labute approximate surface area is 252 Å². The molecule has 0 aliphatic carbocycles. The summed E-state index contributed by atoms with van der Waals surface area (Å²) in [5.41, 5.74) is 2.50. The molecule has 0 saturated carbocycles. The first-order chi connectivity index (χ1) is 21.5. The van der Waals surface area contributed by atoms with E-state index in [0.29, 0.717) is 46.2 Å². The summed E-state index contributed by atoms with van der Waals surface area (Å²) in [6, 6.07) is 16.2. The fourth-order valence-electron chi connectivity index (χ4n) is 5.00. The molecule has 0 fully saturated rings. The molecule has 13 nitrogen and oxygen atoms in total. The number of nitrogens with one attached hydrogen (secondary N) is 2. The number of hydrogen-bond acceptors (Lipinski definition) is 11. The van der Waals surface area contributed by atoms with E-state index in [2.05, 4.69) is 30.8 Å². The van der Waals surface area contributed by atoms with Gasteiger partial charge in [0.05, 0.1) is 29.2 Å². The number of rotatable bonds is 11. The van der Waals surface area contributed by atoms with Crippen LogP contribution in [0.15, 0.2) is 82.4 Å². The SMILES string of the molecule is CCCn1c(=O)c2ccc(Nc3ncc(-c4nnc(-c5cccnc5)o4)c(N[C@H](CO)c4ccccc4)n3)nc2n1C(C)C. The molecule has 0 radical (unpaired) electrons. The zero-order chi connectivity index (χ0) is 30.6. The van der Waals surface area contributed by atoms with Crippen molar-refractivity contribution in [1.82, 2.24) is 39.5 Å². The lowest BCUT2D eigenvalue weighted by molar-refractivity contribution is 0.276. The maximum Gasteiger partial charge on any atom is 0.276 e. The number of aliphatic hydroxyl groups is 1. The molecular weight excluding hydrogens is 560 g/mol. The van der Waals surface area contributed by atoms with Gasteiger partial charge in [0, 0.05) is 31.2 Å². The van der Waals surface area contributed by atoms with Crippen molar-refractivity contribution in [3.8, 4) is 22.9 Å². The highest BCUT2D eigenvalue weighted by molar-refractivity contribution is 5.78. The Kier molecular flexibility index (Phi) is 8.10. The Balaban J connectivity index is 1.39. The molecule has 224 valence electrons. The number of aliphatic hydroxyl groups excluding tert-OH is 1. The van der Waals surface area contributed by atoms with Crippen LogP contribution in [0.1, 0.15) is 44.8 Å². The van der Waals surface area contributed by atoms with Crippen LogP contribution in [0.5, 0.6) is 0 Å². The van der Waals surface area contributed by atoms with Crippen molar-refractivity contribution in [3.05, 3.63) is 89.1 Å². The smallest absolute Gasteiger partial charge is 0.276 e. The minimum absolute atomic E-state index is 0.0280. The monoisotopic (exact) mass is 592 g/mol. The van der Waals surface area contributed by atoms with E-state index in [1.807, 2.05) is 61.9 Å². The Hall–Kier alpha value is -5.43. The van der Waals surface area contributed by atoms with Gasteiger partial charge in [-0.2, -0.15) is 4.98 Å². The Morgan fingerprint density at radius 1 is 0.977 bits per heavy atom. The van der Waals surface area contributed by atoms with E-state index in [1.165, 1.54) is 0 Å². The summed E-state index contributed by atoms with van der Waals surface area (Å²) in [6.45, 7) is 6.49. The number of anilines is 3. The average Bonchev–Trinajstić information content (AvgIpc) is 3.64. The largest absolute Gasteiger partial charge is 0.416 e. The van der Waals surface area contributed by atoms with Crippen molar-refractivity contribution in [1.29, 1.82) is 0 Å². The number of aromatic nitrogens is 8. The summed E-state index contributed by atoms with van der Waals surface area (Å²) < 4.78 is 9.64. The lowest BCUT2D eigenvalue weighted by Gasteiger charge is -2.19. The molecule has 0 saturated heterocycles. The molecule has 5 heterocycles. The summed E-state index contributed by atoms with van der Waals surface area (Å²) in [5.74, 6) is 1.57. The van der Waals surface area contributed by atoms with Crippen molar-refractivity contribution < 1.29 is 9.52 Å². The molecule has 13 heteroatoms. The van der Waals surface area contributed by atoms with Crippen molar-refractivity contribution in [3.63, 3.8) is 0 Å². The van der Waals surface area contributed by atoms with Crippen LogP contribution in [-0.4, -0.2) is 51.2 Å². The van der Waals surface area contributed by atoms with Crippen molar-refractivity contribution in [2.45, 2.75) is 45.8 Å². The summed E-state index contributed by atoms with van der Waals surface area (Å²) in [5, 5.41) is 25.7. The molecule has 3 N–H and O–H groups in total. The van der Waals surface area contributed by atoms with Crippen LogP contribution in [0.25, 0.3) is 33.9 Å². The quantitative estimate of drug-likeness (QED) is 0.186. The van der Waals surface area contributed by atoms with Crippen molar-refractivity contribution in [2.75, 3.05) is 17.2 Å². The van der Waals surface area contributed by atoms with Gasteiger partial charge in [-0.15, -0.1) is 10.2 Å². The van der Waals surface area contributed by atoms with Gasteiger partial charge < -0.3 is 20.2 Å². The summed E-state index contributed by atoms with van der Waals surface area (Å²) >= 11 is 0. The van der Waals surface area contributed by atoms with Gasteiger partial charge in [-0.05, 0) is 50.1 Å². The van der Waals surface area contributed by atoms with Gasteiger partial charge in [0.1, 0.15) is 11.6 Å². The molecule has 5 aromatic heterocycles. The third-order valence-corrected chi connectivity index (χ3v) is 7.03. The summed E-state index contributed by atoms with van der Waals surface area (Å²) in [7, 11) is 0. The normalized spacial score (nSPS) is 12.1. The van der Waals surface area contributed by atoms with Gasteiger partial charge >= 0.3 is 0 Å².